The molecule has 1 saturated carbocycles. The summed E-state index contributed by atoms with van der Waals surface area (Å²) in [5, 5.41) is 16.9. The summed E-state index contributed by atoms with van der Waals surface area (Å²) < 4.78 is 3.91. The predicted molar refractivity (Wildman–Crippen MR) is 126 cm³/mol. The molecular weight excluding hydrogens is 420 g/mol. The summed E-state index contributed by atoms with van der Waals surface area (Å²) in [5.74, 6) is 2.27. The van der Waals surface area contributed by atoms with E-state index in [-0.39, 0.29) is 11.7 Å². The first-order valence-corrected chi connectivity index (χ1v) is 11.7. The lowest BCUT2D eigenvalue weighted by molar-refractivity contribution is -0.113. The molecule has 0 bridgehead atoms. The Labute approximate surface area is 190 Å². The number of hydrogen-bond acceptors (Lipinski definition) is 5. The largest absolute Gasteiger partial charge is 0.310 e. The molecule has 1 fully saturated rings. The van der Waals surface area contributed by atoms with Crippen LogP contribution >= 0.6 is 11.8 Å². The number of thioether (sulfide) groups is 1. The second-order valence-electron chi connectivity index (χ2n) is 7.92. The molecule has 7 nitrogen and oxygen atoms in total. The maximum atomic E-state index is 12.7. The topological polar surface area (TPSA) is 77.6 Å². The van der Waals surface area contributed by atoms with Crippen LogP contribution in [-0.4, -0.2) is 36.2 Å². The van der Waals surface area contributed by atoms with E-state index < -0.39 is 0 Å². The zero-order valence-corrected chi connectivity index (χ0v) is 18.6. The number of anilines is 1. The SMILES string of the molecule is CC(C1CC1)n1nccc1NC(=O)CSc1nnc(-c2ccccc2)n1-c1ccccc1. The highest BCUT2D eigenvalue weighted by Gasteiger charge is 2.30. The molecule has 0 radical (unpaired) electrons. The van der Waals surface area contributed by atoms with Crippen molar-refractivity contribution in [3.8, 4) is 17.1 Å². The van der Waals surface area contributed by atoms with Crippen molar-refractivity contribution in [2.45, 2.75) is 31.0 Å². The summed E-state index contributed by atoms with van der Waals surface area (Å²) in [6.45, 7) is 2.16. The quantitative estimate of drug-likeness (QED) is 0.394. The second-order valence-corrected chi connectivity index (χ2v) is 8.86. The van der Waals surface area contributed by atoms with Crippen LogP contribution in [0.25, 0.3) is 17.1 Å². The molecule has 1 aliphatic rings. The molecule has 0 spiro atoms. The zero-order chi connectivity index (χ0) is 21.9. The molecule has 4 aromatic rings. The van der Waals surface area contributed by atoms with Crippen LogP contribution in [0.5, 0.6) is 0 Å². The molecule has 1 amide bonds. The minimum atomic E-state index is -0.0939. The molecular formula is C24H24N6OS. The molecule has 0 saturated heterocycles. The van der Waals surface area contributed by atoms with Gasteiger partial charge in [-0.1, -0.05) is 60.3 Å². The highest BCUT2D eigenvalue weighted by atomic mass is 32.2. The van der Waals surface area contributed by atoms with Gasteiger partial charge in [0, 0.05) is 17.3 Å². The molecule has 1 unspecified atom stereocenters. The lowest BCUT2D eigenvalue weighted by atomic mass is 10.2. The van der Waals surface area contributed by atoms with Crippen molar-refractivity contribution in [2.75, 3.05) is 11.1 Å². The smallest absolute Gasteiger partial charge is 0.235 e. The lowest BCUT2D eigenvalue weighted by Crippen LogP contribution is -2.20. The number of carbonyl (C=O) groups is 1. The van der Waals surface area contributed by atoms with E-state index in [2.05, 4.69) is 27.5 Å². The van der Waals surface area contributed by atoms with E-state index in [0.717, 1.165) is 22.9 Å². The Balaban J connectivity index is 1.34. The summed E-state index contributed by atoms with van der Waals surface area (Å²) in [5.41, 5.74) is 1.92. The summed E-state index contributed by atoms with van der Waals surface area (Å²) >= 11 is 1.37. The number of amides is 1. The molecule has 162 valence electrons. The molecule has 32 heavy (non-hydrogen) atoms. The number of nitrogens with one attached hydrogen (secondary N) is 1. The van der Waals surface area contributed by atoms with Gasteiger partial charge in [-0.25, -0.2) is 4.68 Å². The van der Waals surface area contributed by atoms with Gasteiger partial charge in [0.25, 0.3) is 0 Å². The van der Waals surface area contributed by atoms with Gasteiger partial charge in [-0.2, -0.15) is 5.10 Å². The van der Waals surface area contributed by atoms with Crippen molar-refractivity contribution in [3.63, 3.8) is 0 Å². The Morgan fingerprint density at radius 2 is 1.78 bits per heavy atom. The average Bonchev–Trinajstić information content (AvgIpc) is 3.44. The number of para-hydroxylation sites is 1. The molecule has 2 aromatic heterocycles. The average molecular weight is 445 g/mol. The number of hydrogen-bond donors (Lipinski definition) is 1. The highest BCUT2D eigenvalue weighted by Crippen LogP contribution is 2.40. The minimum Gasteiger partial charge on any atom is -0.310 e. The second kappa shape index (κ2) is 9.00. The third kappa shape index (κ3) is 4.31. The molecule has 1 N–H and O–H groups in total. The fourth-order valence-corrected chi connectivity index (χ4v) is 4.52. The van der Waals surface area contributed by atoms with Crippen molar-refractivity contribution in [2.24, 2.45) is 5.92 Å². The first-order chi connectivity index (χ1) is 15.7. The Hall–Kier alpha value is -3.39. The van der Waals surface area contributed by atoms with Crippen molar-refractivity contribution in [3.05, 3.63) is 72.9 Å². The van der Waals surface area contributed by atoms with Crippen LogP contribution in [0.15, 0.2) is 78.1 Å². The Morgan fingerprint density at radius 1 is 1.06 bits per heavy atom. The number of carbonyl (C=O) groups excluding carboxylic acids is 1. The third-order valence-electron chi connectivity index (χ3n) is 5.64. The van der Waals surface area contributed by atoms with Gasteiger partial charge in [0.2, 0.25) is 5.91 Å². The van der Waals surface area contributed by atoms with Crippen molar-refractivity contribution >= 4 is 23.5 Å². The highest BCUT2D eigenvalue weighted by molar-refractivity contribution is 7.99. The van der Waals surface area contributed by atoms with Crippen LogP contribution in [0, 0.1) is 5.92 Å². The van der Waals surface area contributed by atoms with Gasteiger partial charge < -0.3 is 5.32 Å². The van der Waals surface area contributed by atoms with Gasteiger partial charge in [0.05, 0.1) is 18.0 Å². The Morgan fingerprint density at radius 3 is 2.50 bits per heavy atom. The molecule has 1 atom stereocenters. The van der Waals surface area contributed by atoms with E-state index in [0.29, 0.717) is 17.1 Å². The van der Waals surface area contributed by atoms with Crippen LogP contribution in [0.1, 0.15) is 25.8 Å². The number of rotatable bonds is 8. The molecule has 0 aliphatic heterocycles. The van der Waals surface area contributed by atoms with E-state index >= 15 is 0 Å². The fourth-order valence-electron chi connectivity index (χ4n) is 3.77. The summed E-state index contributed by atoms with van der Waals surface area (Å²) in [4.78, 5) is 12.7. The molecule has 2 aromatic carbocycles. The zero-order valence-electron chi connectivity index (χ0n) is 17.8. The van der Waals surface area contributed by atoms with Crippen LogP contribution < -0.4 is 5.32 Å². The van der Waals surface area contributed by atoms with Gasteiger partial charge in [-0.05, 0) is 37.8 Å². The van der Waals surface area contributed by atoms with Gasteiger partial charge in [-0.15, -0.1) is 10.2 Å². The predicted octanol–water partition coefficient (Wildman–Crippen LogP) is 4.83. The standard InChI is InChI=1S/C24H24N6OS/c1-17(18-12-13-18)30-21(14-15-25-30)26-22(31)16-32-24-28-27-23(19-8-4-2-5-9-19)29(24)20-10-6-3-7-11-20/h2-11,14-15,17-18H,12-13,16H2,1H3,(H,26,31). The van der Waals surface area contributed by atoms with Crippen molar-refractivity contribution in [1.29, 1.82) is 0 Å². The summed E-state index contributed by atoms with van der Waals surface area (Å²) in [7, 11) is 0. The third-order valence-corrected chi connectivity index (χ3v) is 6.57. The molecule has 5 rings (SSSR count). The van der Waals surface area contributed by atoms with E-state index in [4.69, 9.17) is 0 Å². The van der Waals surface area contributed by atoms with E-state index in [1.54, 1.807) is 6.20 Å². The monoisotopic (exact) mass is 444 g/mol. The summed E-state index contributed by atoms with van der Waals surface area (Å²) in [6, 6.07) is 22.0. The number of aromatic nitrogens is 5. The maximum absolute atomic E-state index is 12.7. The van der Waals surface area contributed by atoms with E-state index in [1.807, 2.05) is 76.0 Å². The first-order valence-electron chi connectivity index (χ1n) is 10.7. The number of nitrogens with zero attached hydrogens (tertiary/aromatic N) is 5. The van der Waals surface area contributed by atoms with Gasteiger partial charge in [0.15, 0.2) is 11.0 Å². The van der Waals surface area contributed by atoms with E-state index in [9.17, 15) is 4.79 Å². The van der Waals surface area contributed by atoms with Crippen LogP contribution in [0.2, 0.25) is 0 Å². The lowest BCUT2D eigenvalue weighted by Gasteiger charge is -2.15. The first kappa shape index (κ1) is 20.5. The van der Waals surface area contributed by atoms with E-state index in [1.165, 1.54) is 24.6 Å². The Bertz CT molecular complexity index is 1200. The summed E-state index contributed by atoms with van der Waals surface area (Å²) in [6.07, 6.45) is 4.19. The van der Waals surface area contributed by atoms with Gasteiger partial charge >= 0.3 is 0 Å². The van der Waals surface area contributed by atoms with Crippen molar-refractivity contribution < 1.29 is 4.79 Å². The van der Waals surface area contributed by atoms with Crippen LogP contribution in [0.4, 0.5) is 5.82 Å². The minimum absolute atomic E-state index is 0.0939. The van der Waals surface area contributed by atoms with Crippen LogP contribution in [-0.2, 0) is 4.79 Å². The van der Waals surface area contributed by atoms with Crippen LogP contribution in [0.3, 0.4) is 0 Å². The fraction of sp³-hybridized carbons (Fsp3) is 0.250. The van der Waals surface area contributed by atoms with Crippen molar-refractivity contribution in [1.82, 2.24) is 24.5 Å². The Kier molecular flexibility index (Phi) is 5.77. The molecule has 1 aliphatic carbocycles. The van der Waals surface area contributed by atoms with Gasteiger partial charge in [0.1, 0.15) is 5.82 Å². The normalized spacial score (nSPS) is 14.3. The number of benzene rings is 2. The molecule has 8 heteroatoms. The molecule has 2 heterocycles. The maximum Gasteiger partial charge on any atom is 0.235 e. The van der Waals surface area contributed by atoms with Gasteiger partial charge in [-0.3, -0.25) is 9.36 Å².